The molecule has 0 saturated carbocycles. The number of fused-ring (bicyclic) bond motifs is 3. The van der Waals surface area contributed by atoms with Gasteiger partial charge < -0.3 is 35.5 Å². The van der Waals surface area contributed by atoms with Crippen LogP contribution in [0.5, 0.6) is 5.75 Å². The number of rotatable bonds is 8. The fourth-order valence-corrected chi connectivity index (χ4v) is 5.36. The Hall–Kier alpha value is -4.87. The summed E-state index contributed by atoms with van der Waals surface area (Å²) in [5, 5.41) is 23.4. The molecule has 2 aliphatic rings. The summed E-state index contributed by atoms with van der Waals surface area (Å²) in [4.78, 5) is 33.1. The molecule has 2 bridgehead atoms. The molecule has 11 heteroatoms. The van der Waals surface area contributed by atoms with Crippen molar-refractivity contribution in [2.75, 3.05) is 30.9 Å². The minimum atomic E-state index is -0.777. The van der Waals surface area contributed by atoms with E-state index in [1.165, 1.54) is 12.3 Å². The van der Waals surface area contributed by atoms with Crippen LogP contribution >= 0.6 is 0 Å². The van der Waals surface area contributed by atoms with E-state index in [1.807, 2.05) is 32.9 Å². The third-order valence-corrected chi connectivity index (χ3v) is 8.13. The van der Waals surface area contributed by atoms with Crippen molar-refractivity contribution in [3.05, 3.63) is 100 Å². The van der Waals surface area contributed by atoms with Gasteiger partial charge in [-0.05, 0) is 72.4 Å². The third kappa shape index (κ3) is 7.26. The summed E-state index contributed by atoms with van der Waals surface area (Å²) in [7, 11) is 1.70. The van der Waals surface area contributed by atoms with Crippen molar-refractivity contribution >= 4 is 35.1 Å². The highest BCUT2D eigenvalue weighted by atomic mass is 19.1. The van der Waals surface area contributed by atoms with E-state index >= 15 is 4.39 Å². The van der Waals surface area contributed by atoms with Gasteiger partial charge in [0, 0.05) is 30.1 Å². The first kappa shape index (κ1) is 33.5. The topological polar surface area (TPSA) is 137 Å². The molecule has 1 unspecified atom stereocenters. The first-order chi connectivity index (χ1) is 22.2. The standard InChI is InChI=1S/C36H40FN5O5/c1-35(2,3)23-12-22(16-38)32(28(37)15-23)33(44)41-29-9-7-8-26-21-13-24(18-46-19-27(26)29)42(6)34(45)30(14-21)40-31-11-10-25(17-39-31)47-36(4,5)20-43/h7-17,24,38,43H,18-20H2,1-6H3,(H,39,40)(H,41,44). The number of aromatic nitrogens is 1. The molecule has 2 amide bonds. The van der Waals surface area contributed by atoms with Crippen LogP contribution in [-0.2, 0) is 21.6 Å². The number of pyridine rings is 1. The summed E-state index contributed by atoms with van der Waals surface area (Å²) in [5.41, 5.74) is 2.33. The maximum Gasteiger partial charge on any atom is 0.270 e. The maximum absolute atomic E-state index is 15.4. The number of nitrogens with zero attached hydrogens (tertiary/aromatic N) is 2. The highest BCUT2D eigenvalue weighted by Crippen LogP contribution is 2.34. The molecule has 1 atom stereocenters. The number of hydrogen-bond donors (Lipinski definition) is 4. The number of anilines is 2. The first-order valence-corrected chi connectivity index (χ1v) is 15.3. The second kappa shape index (κ2) is 13.1. The van der Waals surface area contributed by atoms with E-state index in [0.29, 0.717) is 28.4 Å². The molecule has 2 aliphatic heterocycles. The highest BCUT2D eigenvalue weighted by molar-refractivity contribution is 6.10. The fraction of sp³-hybridized carbons (Fsp3) is 0.333. The zero-order valence-electron chi connectivity index (χ0n) is 27.4. The van der Waals surface area contributed by atoms with Crippen molar-refractivity contribution in [2.24, 2.45) is 0 Å². The molecule has 0 spiro atoms. The van der Waals surface area contributed by atoms with Gasteiger partial charge in [0.15, 0.2) is 0 Å². The quantitative estimate of drug-likeness (QED) is 0.233. The number of aliphatic hydroxyl groups excluding tert-OH is 1. The Morgan fingerprint density at radius 1 is 1.21 bits per heavy atom. The zero-order chi connectivity index (χ0) is 34.1. The van der Waals surface area contributed by atoms with Crippen molar-refractivity contribution in [1.82, 2.24) is 9.88 Å². The minimum Gasteiger partial charge on any atom is -0.484 e. The largest absolute Gasteiger partial charge is 0.484 e. The summed E-state index contributed by atoms with van der Waals surface area (Å²) in [6.07, 6.45) is 6.18. The molecule has 3 aromatic rings. The van der Waals surface area contributed by atoms with Crippen molar-refractivity contribution in [3.63, 3.8) is 0 Å². The Kier molecular flexibility index (Phi) is 9.33. The molecule has 0 radical (unpaired) electrons. The van der Waals surface area contributed by atoms with Crippen molar-refractivity contribution < 1.29 is 28.6 Å². The summed E-state index contributed by atoms with van der Waals surface area (Å²) in [6, 6.07) is 11.4. The number of amides is 2. The minimum absolute atomic E-state index is 0.133. The van der Waals surface area contributed by atoms with E-state index in [-0.39, 0.29) is 54.0 Å². The summed E-state index contributed by atoms with van der Waals surface area (Å²) < 4.78 is 27.2. The van der Waals surface area contributed by atoms with E-state index in [0.717, 1.165) is 17.4 Å². The van der Waals surface area contributed by atoms with Crippen molar-refractivity contribution in [2.45, 2.75) is 58.3 Å². The summed E-state index contributed by atoms with van der Waals surface area (Å²) >= 11 is 0. The van der Waals surface area contributed by atoms with Crippen LogP contribution in [0.4, 0.5) is 15.9 Å². The number of hydrogen-bond acceptors (Lipinski definition) is 8. The number of halogens is 1. The maximum atomic E-state index is 15.4. The number of benzene rings is 2. The van der Waals surface area contributed by atoms with E-state index in [4.69, 9.17) is 14.9 Å². The van der Waals surface area contributed by atoms with Gasteiger partial charge in [-0.2, -0.15) is 0 Å². The predicted octanol–water partition coefficient (Wildman–Crippen LogP) is 5.67. The molecule has 5 rings (SSSR count). The van der Waals surface area contributed by atoms with Gasteiger partial charge in [-0.15, -0.1) is 0 Å². The lowest BCUT2D eigenvalue weighted by Gasteiger charge is -2.27. The van der Waals surface area contributed by atoms with Gasteiger partial charge in [-0.3, -0.25) is 9.59 Å². The second-order valence-corrected chi connectivity index (χ2v) is 13.3. The number of nitrogens with one attached hydrogen (secondary N) is 3. The van der Waals surface area contributed by atoms with Gasteiger partial charge in [0.1, 0.15) is 28.7 Å². The molecule has 0 fully saturated rings. The van der Waals surface area contributed by atoms with Gasteiger partial charge in [0.05, 0.1) is 37.6 Å². The van der Waals surface area contributed by atoms with Crippen LogP contribution in [-0.4, -0.2) is 64.9 Å². The van der Waals surface area contributed by atoms with Crippen molar-refractivity contribution in [1.29, 1.82) is 5.41 Å². The summed E-state index contributed by atoms with van der Waals surface area (Å²) in [5.74, 6) is -0.770. The highest BCUT2D eigenvalue weighted by Gasteiger charge is 2.30. The lowest BCUT2D eigenvalue weighted by atomic mass is 9.85. The Balaban J connectivity index is 1.48. The lowest BCUT2D eigenvalue weighted by Crippen LogP contribution is -2.40. The van der Waals surface area contributed by atoms with Gasteiger partial charge in [-0.25, -0.2) is 9.37 Å². The molecular formula is C36H40FN5O5. The van der Waals surface area contributed by atoms with Crippen LogP contribution in [0, 0.1) is 11.2 Å². The van der Waals surface area contributed by atoms with Crippen LogP contribution in [0.1, 0.15) is 67.2 Å². The number of ether oxygens (including phenoxy) is 2. The molecule has 10 nitrogen and oxygen atoms in total. The second-order valence-electron chi connectivity index (χ2n) is 13.3. The van der Waals surface area contributed by atoms with Gasteiger partial charge in [0.2, 0.25) is 0 Å². The van der Waals surface area contributed by atoms with Crippen molar-refractivity contribution in [3.8, 4) is 5.75 Å². The summed E-state index contributed by atoms with van der Waals surface area (Å²) in [6.45, 7) is 9.51. The number of likely N-dealkylation sites (N-methyl/N-ethyl adjacent to an activating group) is 1. The van der Waals surface area contributed by atoms with Gasteiger partial charge in [0.25, 0.3) is 11.8 Å². The molecule has 47 heavy (non-hydrogen) atoms. The van der Waals surface area contributed by atoms with Crippen LogP contribution in [0.3, 0.4) is 0 Å². The lowest BCUT2D eigenvalue weighted by molar-refractivity contribution is -0.127. The predicted molar refractivity (Wildman–Crippen MR) is 179 cm³/mol. The van der Waals surface area contributed by atoms with E-state index in [2.05, 4.69) is 15.6 Å². The van der Waals surface area contributed by atoms with E-state index in [9.17, 15) is 14.7 Å². The molecule has 3 heterocycles. The smallest absolute Gasteiger partial charge is 0.270 e. The fourth-order valence-electron chi connectivity index (χ4n) is 5.36. The van der Waals surface area contributed by atoms with Crippen LogP contribution in [0.25, 0.3) is 5.57 Å². The zero-order valence-corrected chi connectivity index (χ0v) is 27.4. The third-order valence-electron chi connectivity index (χ3n) is 8.13. The Bertz CT molecular complexity index is 1780. The Morgan fingerprint density at radius 3 is 2.64 bits per heavy atom. The Morgan fingerprint density at radius 2 is 1.98 bits per heavy atom. The SMILES string of the molecule is CN1C(=O)C(Nc2ccc(OC(C)(C)CO)cn2)=CC2=CC1COCc1c(NC(=O)c3c(F)cc(C(C)(C)C)cc3C=N)cccc12. The molecule has 0 saturated heterocycles. The average Bonchev–Trinajstić information content (AvgIpc) is 3.13. The van der Waals surface area contributed by atoms with E-state index in [1.54, 1.807) is 62.2 Å². The van der Waals surface area contributed by atoms with E-state index < -0.39 is 17.3 Å². The van der Waals surface area contributed by atoms with Gasteiger partial charge >= 0.3 is 0 Å². The van der Waals surface area contributed by atoms with Gasteiger partial charge in [-0.1, -0.05) is 39.0 Å². The Labute approximate surface area is 273 Å². The number of carbonyl (C=O) groups excluding carboxylic acids is 2. The first-order valence-electron chi connectivity index (χ1n) is 15.3. The normalized spacial score (nSPS) is 16.6. The van der Waals surface area contributed by atoms with Crippen LogP contribution < -0.4 is 15.4 Å². The van der Waals surface area contributed by atoms with Crippen LogP contribution in [0.2, 0.25) is 0 Å². The monoisotopic (exact) mass is 641 g/mol. The molecular weight excluding hydrogens is 601 g/mol. The average molecular weight is 642 g/mol. The molecule has 4 N–H and O–H groups in total. The van der Waals surface area contributed by atoms with Crippen LogP contribution in [0.15, 0.2) is 66.5 Å². The molecule has 1 aromatic heterocycles. The number of aliphatic hydroxyl groups is 1. The number of carbonyl (C=O) groups is 2. The number of allylic oxidation sites excluding steroid dienone is 2. The molecule has 2 aromatic carbocycles. The molecule has 0 aliphatic carbocycles. The molecule has 246 valence electrons.